The minimum Gasteiger partial charge on any atom is -0.357 e. The summed E-state index contributed by atoms with van der Waals surface area (Å²) in [4.78, 5) is 4.58. The molecule has 0 aliphatic heterocycles. The Morgan fingerprint density at radius 3 is 2.11 bits per heavy atom. The molecule has 106 valence electrons. The Balaban J connectivity index is 2.47. The molecule has 0 saturated heterocycles. The van der Waals surface area contributed by atoms with Crippen molar-refractivity contribution >= 4 is 5.84 Å². The summed E-state index contributed by atoms with van der Waals surface area (Å²) in [5, 5.41) is 8.27. The summed E-state index contributed by atoms with van der Waals surface area (Å²) < 4.78 is 0. The fraction of sp³-hybridized carbons (Fsp3) is 0.562. The first-order chi connectivity index (χ1) is 9.22. The van der Waals surface area contributed by atoms with E-state index in [1.54, 1.807) is 0 Å². The van der Waals surface area contributed by atoms with Crippen LogP contribution >= 0.6 is 0 Å². The van der Waals surface area contributed by atoms with Gasteiger partial charge in [-0.25, -0.2) is 0 Å². The molecule has 19 heavy (non-hydrogen) atoms. The van der Waals surface area contributed by atoms with E-state index in [-0.39, 0.29) is 0 Å². The molecule has 0 atom stereocenters. The fourth-order valence-corrected chi connectivity index (χ4v) is 2.23. The topological polar surface area (TPSA) is 30.3 Å². The maximum atomic E-state index is 8.27. The highest BCUT2D eigenvalue weighted by molar-refractivity contribution is 5.96. The van der Waals surface area contributed by atoms with E-state index in [1.165, 1.54) is 0 Å². The first-order valence-electron chi connectivity index (χ1n) is 7.34. The zero-order chi connectivity index (χ0) is 14.1. The van der Waals surface area contributed by atoms with Crippen LogP contribution in [0.4, 0.5) is 0 Å². The lowest BCUT2D eigenvalue weighted by Crippen LogP contribution is -2.34. The van der Waals surface area contributed by atoms with Crippen molar-refractivity contribution in [3.8, 4) is 0 Å². The van der Waals surface area contributed by atoms with Gasteiger partial charge in [-0.15, -0.1) is 0 Å². The summed E-state index contributed by atoms with van der Waals surface area (Å²) >= 11 is 0. The minimum absolute atomic E-state index is 0.641. The van der Waals surface area contributed by atoms with Crippen LogP contribution in [-0.2, 0) is 0 Å². The number of amidine groups is 1. The molecule has 3 heteroatoms. The predicted molar refractivity (Wildman–Crippen MR) is 82.9 cm³/mol. The Morgan fingerprint density at radius 2 is 1.58 bits per heavy atom. The zero-order valence-corrected chi connectivity index (χ0v) is 12.5. The van der Waals surface area contributed by atoms with Crippen LogP contribution in [0, 0.1) is 5.41 Å². The lowest BCUT2D eigenvalue weighted by molar-refractivity contribution is 0.283. The molecule has 1 aromatic rings. The quantitative estimate of drug-likeness (QED) is 0.576. The van der Waals surface area contributed by atoms with Crippen LogP contribution in [0.15, 0.2) is 30.3 Å². The van der Waals surface area contributed by atoms with Gasteiger partial charge in [0, 0.05) is 18.7 Å². The molecular formula is C16H27N3. The molecular weight excluding hydrogens is 234 g/mol. The standard InChI is InChI=1S/C16H27N3/c1-4-18(5-2)13-10-14-19(6-3)16(17)15-11-8-7-9-12-15/h7-9,11-12,17H,4-6,10,13-14H2,1-3H3. The van der Waals surface area contributed by atoms with Crippen LogP contribution < -0.4 is 0 Å². The summed E-state index contributed by atoms with van der Waals surface area (Å²) in [6.45, 7) is 11.7. The first kappa shape index (κ1) is 15.7. The Kier molecular flexibility index (Phi) is 7.19. The number of benzene rings is 1. The second-order valence-electron chi connectivity index (χ2n) is 4.67. The molecule has 0 aromatic heterocycles. The van der Waals surface area contributed by atoms with Crippen molar-refractivity contribution in [3.63, 3.8) is 0 Å². The largest absolute Gasteiger partial charge is 0.357 e. The molecule has 1 aromatic carbocycles. The molecule has 0 heterocycles. The fourth-order valence-electron chi connectivity index (χ4n) is 2.23. The van der Waals surface area contributed by atoms with Gasteiger partial charge in [0.2, 0.25) is 0 Å². The third-order valence-corrected chi connectivity index (χ3v) is 3.54. The van der Waals surface area contributed by atoms with Gasteiger partial charge in [-0.2, -0.15) is 0 Å². The monoisotopic (exact) mass is 261 g/mol. The Labute approximate surface area is 117 Å². The average Bonchev–Trinajstić information content (AvgIpc) is 2.48. The molecule has 0 bridgehead atoms. The highest BCUT2D eigenvalue weighted by Crippen LogP contribution is 2.05. The van der Waals surface area contributed by atoms with Crippen LogP contribution in [-0.4, -0.2) is 48.4 Å². The van der Waals surface area contributed by atoms with Crippen LogP contribution in [0.1, 0.15) is 32.8 Å². The van der Waals surface area contributed by atoms with Gasteiger partial charge in [0.1, 0.15) is 5.84 Å². The van der Waals surface area contributed by atoms with Gasteiger partial charge in [0.15, 0.2) is 0 Å². The third-order valence-electron chi connectivity index (χ3n) is 3.54. The summed E-state index contributed by atoms with van der Waals surface area (Å²) in [6, 6.07) is 10.00. The predicted octanol–water partition coefficient (Wildman–Crippen LogP) is 3.07. The third kappa shape index (κ3) is 5.03. The molecule has 0 fully saturated rings. The van der Waals surface area contributed by atoms with Crippen molar-refractivity contribution in [2.75, 3.05) is 32.7 Å². The number of hydrogen-bond acceptors (Lipinski definition) is 2. The van der Waals surface area contributed by atoms with E-state index in [0.29, 0.717) is 5.84 Å². The smallest absolute Gasteiger partial charge is 0.128 e. The van der Waals surface area contributed by atoms with Gasteiger partial charge in [-0.3, -0.25) is 5.41 Å². The number of hydrogen-bond donors (Lipinski definition) is 1. The molecule has 1 N–H and O–H groups in total. The lowest BCUT2D eigenvalue weighted by atomic mass is 10.2. The van der Waals surface area contributed by atoms with E-state index in [9.17, 15) is 0 Å². The molecule has 0 aliphatic rings. The first-order valence-corrected chi connectivity index (χ1v) is 7.34. The number of rotatable bonds is 8. The second-order valence-corrected chi connectivity index (χ2v) is 4.67. The summed E-state index contributed by atoms with van der Waals surface area (Å²) in [6.07, 6.45) is 1.12. The highest BCUT2D eigenvalue weighted by atomic mass is 15.2. The molecule has 0 radical (unpaired) electrons. The van der Waals surface area contributed by atoms with E-state index < -0.39 is 0 Å². The molecule has 0 amide bonds. The van der Waals surface area contributed by atoms with Gasteiger partial charge in [0.25, 0.3) is 0 Å². The highest BCUT2D eigenvalue weighted by Gasteiger charge is 2.09. The van der Waals surface area contributed by atoms with E-state index in [0.717, 1.165) is 44.7 Å². The number of nitrogens with one attached hydrogen (secondary N) is 1. The van der Waals surface area contributed by atoms with E-state index in [2.05, 4.69) is 30.6 Å². The Bertz CT molecular complexity index is 358. The van der Waals surface area contributed by atoms with Gasteiger partial charge >= 0.3 is 0 Å². The summed E-state index contributed by atoms with van der Waals surface area (Å²) in [5.41, 5.74) is 1.01. The SMILES string of the molecule is CCN(CC)CCCN(CC)C(=N)c1ccccc1. The van der Waals surface area contributed by atoms with Crippen LogP contribution in [0.5, 0.6) is 0 Å². The van der Waals surface area contributed by atoms with Crippen molar-refractivity contribution in [2.45, 2.75) is 27.2 Å². The van der Waals surface area contributed by atoms with Crippen molar-refractivity contribution in [1.82, 2.24) is 9.80 Å². The zero-order valence-electron chi connectivity index (χ0n) is 12.5. The normalized spacial score (nSPS) is 10.7. The van der Waals surface area contributed by atoms with Crippen LogP contribution in [0.2, 0.25) is 0 Å². The Hall–Kier alpha value is -1.35. The Morgan fingerprint density at radius 1 is 0.947 bits per heavy atom. The molecule has 0 aliphatic carbocycles. The van der Waals surface area contributed by atoms with Crippen LogP contribution in [0.3, 0.4) is 0 Å². The summed E-state index contributed by atoms with van der Waals surface area (Å²) in [7, 11) is 0. The molecule has 0 spiro atoms. The van der Waals surface area contributed by atoms with Gasteiger partial charge in [0.05, 0.1) is 0 Å². The molecule has 0 unspecified atom stereocenters. The van der Waals surface area contributed by atoms with Crippen LogP contribution in [0.25, 0.3) is 0 Å². The number of nitrogens with zero attached hydrogens (tertiary/aromatic N) is 2. The maximum Gasteiger partial charge on any atom is 0.128 e. The van der Waals surface area contributed by atoms with Gasteiger partial charge in [-0.1, -0.05) is 44.2 Å². The second kappa shape index (κ2) is 8.70. The van der Waals surface area contributed by atoms with Crippen molar-refractivity contribution < 1.29 is 0 Å². The van der Waals surface area contributed by atoms with E-state index in [4.69, 9.17) is 5.41 Å². The lowest BCUT2D eigenvalue weighted by Gasteiger charge is -2.25. The van der Waals surface area contributed by atoms with Crippen molar-refractivity contribution in [3.05, 3.63) is 35.9 Å². The minimum atomic E-state index is 0.641. The molecule has 3 nitrogen and oxygen atoms in total. The van der Waals surface area contributed by atoms with E-state index in [1.807, 2.05) is 30.3 Å². The molecule has 1 rings (SSSR count). The average molecular weight is 261 g/mol. The van der Waals surface area contributed by atoms with E-state index >= 15 is 0 Å². The van der Waals surface area contributed by atoms with Gasteiger partial charge < -0.3 is 9.80 Å². The molecule has 0 saturated carbocycles. The van der Waals surface area contributed by atoms with Gasteiger partial charge in [-0.05, 0) is 33.0 Å². The van der Waals surface area contributed by atoms with Crippen molar-refractivity contribution in [1.29, 1.82) is 5.41 Å². The van der Waals surface area contributed by atoms with Crippen molar-refractivity contribution in [2.24, 2.45) is 0 Å². The summed E-state index contributed by atoms with van der Waals surface area (Å²) in [5.74, 6) is 0.641. The maximum absolute atomic E-state index is 8.27.